The first kappa shape index (κ1) is 16.4. The number of rotatable bonds is 4. The quantitative estimate of drug-likeness (QED) is 0.854. The minimum atomic E-state index is -3.42. The second kappa shape index (κ2) is 6.85. The topological polar surface area (TPSA) is 40.6 Å². The van der Waals surface area contributed by atoms with Crippen molar-refractivity contribution >= 4 is 10.0 Å². The lowest BCUT2D eigenvalue weighted by Crippen LogP contribution is -2.43. The molecule has 0 aromatic heterocycles. The summed E-state index contributed by atoms with van der Waals surface area (Å²) in [6, 6.07) is 5.76. The third kappa shape index (κ3) is 4.25. The van der Waals surface area contributed by atoms with Gasteiger partial charge in [-0.05, 0) is 44.1 Å². The number of hydrogen-bond acceptors (Lipinski definition) is 3. The lowest BCUT2D eigenvalue weighted by Gasteiger charge is -2.28. The molecule has 4 nitrogen and oxygen atoms in total. The van der Waals surface area contributed by atoms with Crippen molar-refractivity contribution in [3.63, 3.8) is 0 Å². The molecule has 1 aliphatic rings. The smallest absolute Gasteiger partial charge is 0.218 e. The molecular weight excluding hydrogens is 291 g/mol. The number of sulfonamides is 1. The van der Waals surface area contributed by atoms with Crippen molar-refractivity contribution in [2.45, 2.75) is 32.1 Å². The molecule has 1 aromatic rings. The molecule has 0 bridgehead atoms. The molecule has 1 heterocycles. The Kier molecular flexibility index (Phi) is 5.35. The Morgan fingerprint density at radius 3 is 2.76 bits per heavy atom. The van der Waals surface area contributed by atoms with Gasteiger partial charge in [0.1, 0.15) is 5.82 Å². The van der Waals surface area contributed by atoms with Crippen LogP contribution in [-0.2, 0) is 15.8 Å². The highest BCUT2D eigenvalue weighted by atomic mass is 32.2. The van der Waals surface area contributed by atoms with Crippen LogP contribution in [0.25, 0.3) is 0 Å². The number of hydrogen-bond donors (Lipinski definition) is 0. The first-order valence-electron chi connectivity index (χ1n) is 7.38. The highest BCUT2D eigenvalue weighted by Crippen LogP contribution is 2.18. The SMILES string of the molecule is CCN1CCCN(S(=O)(=O)Cc2cccc(F)c2)[C@H](C)C1. The highest BCUT2D eigenvalue weighted by Gasteiger charge is 2.30. The van der Waals surface area contributed by atoms with Crippen molar-refractivity contribution < 1.29 is 12.8 Å². The summed E-state index contributed by atoms with van der Waals surface area (Å²) in [5, 5.41) is 0. The van der Waals surface area contributed by atoms with E-state index in [2.05, 4.69) is 11.8 Å². The van der Waals surface area contributed by atoms with Crippen molar-refractivity contribution in [2.75, 3.05) is 26.2 Å². The van der Waals surface area contributed by atoms with Gasteiger partial charge in [-0.25, -0.2) is 12.8 Å². The maximum Gasteiger partial charge on any atom is 0.218 e. The van der Waals surface area contributed by atoms with Gasteiger partial charge in [-0.15, -0.1) is 0 Å². The van der Waals surface area contributed by atoms with E-state index in [0.717, 1.165) is 26.1 Å². The van der Waals surface area contributed by atoms with Gasteiger partial charge in [0.2, 0.25) is 10.0 Å². The standard InChI is InChI=1S/C15H23FN2O2S/c1-3-17-8-5-9-18(13(2)11-17)21(19,20)12-14-6-4-7-15(16)10-14/h4,6-7,10,13H,3,5,8-9,11-12H2,1-2H3/t13-/m1/s1. The monoisotopic (exact) mass is 314 g/mol. The zero-order valence-corrected chi connectivity index (χ0v) is 13.4. The summed E-state index contributed by atoms with van der Waals surface area (Å²) < 4.78 is 40.0. The van der Waals surface area contributed by atoms with Crippen LogP contribution in [0.5, 0.6) is 0 Å². The van der Waals surface area contributed by atoms with E-state index in [9.17, 15) is 12.8 Å². The molecule has 0 amide bonds. The summed E-state index contributed by atoms with van der Waals surface area (Å²) in [6.07, 6.45) is 0.834. The van der Waals surface area contributed by atoms with E-state index in [1.165, 1.54) is 12.1 Å². The van der Waals surface area contributed by atoms with Crippen LogP contribution >= 0.6 is 0 Å². The van der Waals surface area contributed by atoms with E-state index in [4.69, 9.17) is 0 Å². The van der Waals surface area contributed by atoms with Crippen LogP contribution in [0, 0.1) is 5.82 Å². The van der Waals surface area contributed by atoms with Gasteiger partial charge in [-0.2, -0.15) is 4.31 Å². The van der Waals surface area contributed by atoms with Crippen LogP contribution in [0.4, 0.5) is 4.39 Å². The van der Waals surface area contributed by atoms with Gasteiger partial charge in [-0.3, -0.25) is 0 Å². The molecular formula is C15H23FN2O2S. The minimum Gasteiger partial charge on any atom is -0.302 e. The fourth-order valence-electron chi connectivity index (χ4n) is 2.85. The molecule has 0 unspecified atom stereocenters. The lowest BCUT2D eigenvalue weighted by atomic mass is 10.2. The first-order chi connectivity index (χ1) is 9.92. The molecule has 1 fully saturated rings. The molecule has 0 spiro atoms. The molecule has 0 radical (unpaired) electrons. The van der Waals surface area contributed by atoms with Crippen molar-refractivity contribution in [3.05, 3.63) is 35.6 Å². The molecule has 118 valence electrons. The Morgan fingerprint density at radius 2 is 2.10 bits per heavy atom. The Balaban J connectivity index is 2.14. The summed E-state index contributed by atoms with van der Waals surface area (Å²) in [4.78, 5) is 2.27. The van der Waals surface area contributed by atoms with Gasteiger partial charge in [-0.1, -0.05) is 19.1 Å². The second-order valence-corrected chi connectivity index (χ2v) is 7.51. The number of benzene rings is 1. The van der Waals surface area contributed by atoms with Gasteiger partial charge in [0, 0.05) is 19.1 Å². The van der Waals surface area contributed by atoms with E-state index in [-0.39, 0.29) is 11.8 Å². The molecule has 0 aliphatic carbocycles. The molecule has 2 rings (SSSR count). The predicted molar refractivity (Wildman–Crippen MR) is 81.9 cm³/mol. The van der Waals surface area contributed by atoms with E-state index >= 15 is 0 Å². The van der Waals surface area contributed by atoms with Crippen LogP contribution in [0.3, 0.4) is 0 Å². The molecule has 1 atom stereocenters. The van der Waals surface area contributed by atoms with Crippen molar-refractivity contribution in [1.29, 1.82) is 0 Å². The largest absolute Gasteiger partial charge is 0.302 e. The third-order valence-corrected chi connectivity index (χ3v) is 5.86. The van der Waals surface area contributed by atoms with E-state index in [1.54, 1.807) is 16.4 Å². The van der Waals surface area contributed by atoms with Crippen LogP contribution in [0.2, 0.25) is 0 Å². The molecule has 1 aliphatic heterocycles. The molecule has 1 aromatic carbocycles. The van der Waals surface area contributed by atoms with Gasteiger partial charge < -0.3 is 4.90 Å². The Morgan fingerprint density at radius 1 is 1.33 bits per heavy atom. The Labute approximate surface area is 126 Å². The van der Waals surface area contributed by atoms with Crippen LogP contribution in [-0.4, -0.2) is 49.8 Å². The Bertz CT molecular complexity index is 577. The van der Waals surface area contributed by atoms with Crippen molar-refractivity contribution in [3.8, 4) is 0 Å². The average Bonchev–Trinajstić information content (AvgIpc) is 2.60. The van der Waals surface area contributed by atoms with Crippen molar-refractivity contribution in [2.24, 2.45) is 0 Å². The molecule has 21 heavy (non-hydrogen) atoms. The molecule has 0 saturated carbocycles. The maximum atomic E-state index is 13.2. The molecule has 1 saturated heterocycles. The molecule has 6 heteroatoms. The van der Waals surface area contributed by atoms with Gasteiger partial charge in [0.25, 0.3) is 0 Å². The van der Waals surface area contributed by atoms with E-state index in [1.807, 2.05) is 6.92 Å². The highest BCUT2D eigenvalue weighted by molar-refractivity contribution is 7.88. The van der Waals surface area contributed by atoms with Crippen LogP contribution in [0.1, 0.15) is 25.8 Å². The summed E-state index contributed by atoms with van der Waals surface area (Å²) in [5.74, 6) is -0.537. The predicted octanol–water partition coefficient (Wildman–Crippen LogP) is 2.07. The minimum absolute atomic E-state index is 0.0500. The van der Waals surface area contributed by atoms with Crippen molar-refractivity contribution in [1.82, 2.24) is 9.21 Å². The van der Waals surface area contributed by atoms with Crippen LogP contribution in [0.15, 0.2) is 24.3 Å². The summed E-state index contributed by atoms with van der Waals surface area (Å²) in [5.41, 5.74) is 0.499. The number of likely N-dealkylation sites (N-methyl/N-ethyl adjacent to an activating group) is 1. The number of halogens is 1. The summed E-state index contributed by atoms with van der Waals surface area (Å²) in [7, 11) is -3.42. The zero-order chi connectivity index (χ0) is 15.5. The fourth-order valence-corrected chi connectivity index (χ4v) is 4.64. The van der Waals surface area contributed by atoms with Gasteiger partial charge in [0.05, 0.1) is 5.75 Å². The normalized spacial score (nSPS) is 22.1. The maximum absolute atomic E-state index is 13.2. The van der Waals surface area contributed by atoms with Gasteiger partial charge in [0.15, 0.2) is 0 Å². The average molecular weight is 314 g/mol. The summed E-state index contributed by atoms with van der Waals surface area (Å²) in [6.45, 7) is 7.17. The fraction of sp³-hybridized carbons (Fsp3) is 0.600. The third-order valence-electron chi connectivity index (χ3n) is 3.91. The lowest BCUT2D eigenvalue weighted by molar-refractivity contribution is 0.261. The van der Waals surface area contributed by atoms with E-state index < -0.39 is 15.8 Å². The van der Waals surface area contributed by atoms with Gasteiger partial charge >= 0.3 is 0 Å². The molecule has 0 N–H and O–H groups in total. The Hall–Kier alpha value is -0.980. The summed E-state index contributed by atoms with van der Waals surface area (Å²) >= 11 is 0. The zero-order valence-electron chi connectivity index (χ0n) is 12.6. The number of nitrogens with zero attached hydrogens (tertiary/aromatic N) is 2. The van der Waals surface area contributed by atoms with Crippen LogP contribution < -0.4 is 0 Å². The van der Waals surface area contributed by atoms with E-state index in [0.29, 0.717) is 12.1 Å². The second-order valence-electron chi connectivity index (χ2n) is 5.59. The first-order valence-corrected chi connectivity index (χ1v) is 8.99.